The van der Waals surface area contributed by atoms with Gasteiger partial charge in [0.15, 0.2) is 5.25 Å². The van der Waals surface area contributed by atoms with Crippen LogP contribution >= 0.6 is 0 Å². The quantitative estimate of drug-likeness (QED) is 0.323. The first kappa shape index (κ1) is 16.1. The lowest BCUT2D eigenvalue weighted by Gasteiger charge is -2.08. The summed E-state index contributed by atoms with van der Waals surface area (Å²) in [5.74, 6) is -3.91. The van der Waals surface area contributed by atoms with Crippen LogP contribution in [0.2, 0.25) is 0 Å². The van der Waals surface area contributed by atoms with Crippen molar-refractivity contribution in [3.05, 3.63) is 12.2 Å². The Morgan fingerprint density at radius 3 is 2.11 bits per heavy atom. The van der Waals surface area contributed by atoms with E-state index in [1.807, 2.05) is 0 Å². The predicted molar refractivity (Wildman–Crippen MR) is 57.4 cm³/mol. The minimum absolute atomic E-state index is 0.348. The second-order valence-electron chi connectivity index (χ2n) is 3.09. The van der Waals surface area contributed by atoms with Crippen LogP contribution in [0.15, 0.2) is 12.2 Å². The maximum atomic E-state index is 10.9. The summed E-state index contributed by atoms with van der Waals surface area (Å²) in [7, 11) is -4.75. The van der Waals surface area contributed by atoms with E-state index < -0.39 is 39.6 Å². The van der Waals surface area contributed by atoms with Crippen LogP contribution in [0.5, 0.6) is 0 Å². The lowest BCUT2D eigenvalue weighted by molar-refractivity contribution is -0.137. The van der Waals surface area contributed by atoms with Gasteiger partial charge in [0.1, 0.15) is 0 Å². The minimum atomic E-state index is -4.75. The maximum Gasteiger partial charge on any atom is 0.328 e. The Hall–Kier alpha value is -1.94. The molecule has 18 heavy (non-hydrogen) atoms. The van der Waals surface area contributed by atoms with Crippen LogP contribution in [-0.2, 0) is 24.5 Å². The highest BCUT2D eigenvalue weighted by atomic mass is 32.2. The monoisotopic (exact) mass is 281 g/mol. The van der Waals surface area contributed by atoms with Gasteiger partial charge in [-0.2, -0.15) is 8.42 Å². The lowest BCUT2D eigenvalue weighted by Crippen LogP contribution is -2.34. The number of carbonyl (C=O) groups excluding carboxylic acids is 1. The number of hydrogen-bond donors (Lipinski definition) is 4. The molecule has 1 atom stereocenters. The van der Waals surface area contributed by atoms with E-state index >= 15 is 0 Å². The molecule has 0 spiro atoms. The third-order valence-corrected chi connectivity index (χ3v) is 2.87. The van der Waals surface area contributed by atoms with Crippen molar-refractivity contribution in [2.45, 2.75) is 11.7 Å². The predicted octanol–water partition coefficient (Wildman–Crippen LogP) is -1.53. The van der Waals surface area contributed by atoms with E-state index in [2.05, 4.69) is 5.32 Å². The van der Waals surface area contributed by atoms with Gasteiger partial charge in [-0.15, -0.1) is 0 Å². The van der Waals surface area contributed by atoms with Gasteiger partial charge in [-0.3, -0.25) is 14.1 Å². The Balaban J connectivity index is 4.29. The number of nitrogens with one attached hydrogen (secondary N) is 1. The summed E-state index contributed by atoms with van der Waals surface area (Å²) in [5.41, 5.74) is 0. The Kier molecular flexibility index (Phi) is 5.99. The van der Waals surface area contributed by atoms with Gasteiger partial charge in [-0.25, -0.2) is 4.79 Å². The smallest absolute Gasteiger partial charge is 0.328 e. The second-order valence-corrected chi connectivity index (χ2v) is 4.69. The molecular weight excluding hydrogens is 270 g/mol. The highest BCUT2D eigenvalue weighted by molar-refractivity contribution is 7.87. The average Bonchev–Trinajstić information content (AvgIpc) is 2.18. The molecule has 1 unspecified atom stereocenters. The number of aliphatic carboxylic acids is 2. The maximum absolute atomic E-state index is 10.9. The van der Waals surface area contributed by atoms with Crippen LogP contribution in [0, 0.1) is 0 Å². The van der Waals surface area contributed by atoms with Gasteiger partial charge >= 0.3 is 11.9 Å². The SMILES string of the molecule is O=C(O)C=CC(=O)NCCC(C(=O)O)S(=O)(=O)O. The molecule has 0 aliphatic carbocycles. The van der Waals surface area contributed by atoms with Crippen molar-refractivity contribution in [2.24, 2.45) is 0 Å². The Morgan fingerprint density at radius 1 is 1.17 bits per heavy atom. The zero-order chi connectivity index (χ0) is 14.3. The van der Waals surface area contributed by atoms with Crippen molar-refractivity contribution in [3.63, 3.8) is 0 Å². The zero-order valence-corrected chi connectivity index (χ0v) is 9.75. The average molecular weight is 281 g/mol. The summed E-state index contributed by atoms with van der Waals surface area (Å²) < 4.78 is 29.8. The Morgan fingerprint density at radius 2 is 1.72 bits per heavy atom. The molecule has 0 aliphatic heterocycles. The molecule has 0 heterocycles. The van der Waals surface area contributed by atoms with Gasteiger partial charge in [0.2, 0.25) is 5.91 Å². The molecule has 10 heteroatoms. The van der Waals surface area contributed by atoms with Crippen molar-refractivity contribution in [1.29, 1.82) is 0 Å². The summed E-state index contributed by atoms with van der Waals surface area (Å²) in [6.45, 7) is -0.348. The van der Waals surface area contributed by atoms with E-state index in [1.165, 1.54) is 0 Å². The summed E-state index contributed by atoms with van der Waals surface area (Å²) in [5, 5.41) is 16.7. The van der Waals surface area contributed by atoms with Crippen LogP contribution in [-0.4, -0.2) is 52.8 Å². The van der Waals surface area contributed by atoms with E-state index in [1.54, 1.807) is 0 Å². The van der Waals surface area contributed by atoms with Crippen LogP contribution in [0.1, 0.15) is 6.42 Å². The molecule has 102 valence electrons. The highest BCUT2D eigenvalue weighted by Gasteiger charge is 2.30. The molecule has 0 fully saturated rings. The molecule has 0 bridgehead atoms. The summed E-state index contributed by atoms with van der Waals surface area (Å²) in [6.07, 6.45) is 0.708. The first-order valence-corrected chi connectivity index (χ1v) is 6.03. The van der Waals surface area contributed by atoms with Gasteiger partial charge in [0.25, 0.3) is 10.1 Å². The molecule has 0 radical (unpaired) electrons. The fourth-order valence-corrected chi connectivity index (χ4v) is 1.60. The summed E-state index contributed by atoms with van der Waals surface area (Å²) in [6, 6.07) is 0. The lowest BCUT2D eigenvalue weighted by atomic mass is 10.3. The van der Waals surface area contributed by atoms with E-state index in [4.69, 9.17) is 14.8 Å². The minimum Gasteiger partial charge on any atom is -0.480 e. The Bertz CT molecular complexity index is 465. The highest BCUT2D eigenvalue weighted by Crippen LogP contribution is 2.03. The normalized spacial score (nSPS) is 13.2. The third kappa shape index (κ3) is 6.60. The van der Waals surface area contributed by atoms with E-state index in [9.17, 15) is 22.8 Å². The van der Waals surface area contributed by atoms with Crippen molar-refractivity contribution in [2.75, 3.05) is 6.54 Å². The molecule has 0 rings (SSSR count). The second kappa shape index (κ2) is 6.71. The molecule has 0 aromatic carbocycles. The fourth-order valence-electron chi connectivity index (χ4n) is 0.932. The first-order valence-electron chi connectivity index (χ1n) is 4.52. The summed E-state index contributed by atoms with van der Waals surface area (Å²) >= 11 is 0. The van der Waals surface area contributed by atoms with Crippen LogP contribution in [0.3, 0.4) is 0 Å². The molecular formula is C8H11NO8S. The molecule has 0 aliphatic rings. The Labute approximate surface area is 102 Å². The van der Waals surface area contributed by atoms with Crippen molar-refractivity contribution in [3.8, 4) is 0 Å². The number of rotatable bonds is 7. The van der Waals surface area contributed by atoms with Crippen molar-refractivity contribution in [1.82, 2.24) is 5.32 Å². The van der Waals surface area contributed by atoms with E-state index in [0.717, 1.165) is 0 Å². The zero-order valence-electron chi connectivity index (χ0n) is 8.94. The van der Waals surface area contributed by atoms with Gasteiger partial charge in [0.05, 0.1) is 0 Å². The first-order chi connectivity index (χ1) is 8.14. The number of amides is 1. The van der Waals surface area contributed by atoms with Crippen LogP contribution in [0.25, 0.3) is 0 Å². The third-order valence-electron chi connectivity index (χ3n) is 1.72. The van der Waals surface area contributed by atoms with Crippen molar-refractivity contribution < 1.29 is 37.6 Å². The molecule has 9 nitrogen and oxygen atoms in total. The van der Waals surface area contributed by atoms with Gasteiger partial charge in [0, 0.05) is 18.7 Å². The molecule has 4 N–H and O–H groups in total. The van der Waals surface area contributed by atoms with Crippen molar-refractivity contribution >= 4 is 28.0 Å². The molecule has 0 saturated heterocycles. The van der Waals surface area contributed by atoms with Gasteiger partial charge in [-0.05, 0) is 6.42 Å². The van der Waals surface area contributed by atoms with Crippen LogP contribution < -0.4 is 5.32 Å². The van der Waals surface area contributed by atoms with E-state index in [0.29, 0.717) is 12.2 Å². The topological polar surface area (TPSA) is 158 Å². The largest absolute Gasteiger partial charge is 0.480 e. The van der Waals surface area contributed by atoms with Gasteiger partial charge < -0.3 is 15.5 Å². The molecule has 1 amide bonds. The number of hydrogen-bond acceptors (Lipinski definition) is 5. The molecule has 0 aromatic heterocycles. The number of carboxylic acid groups (broad SMARTS) is 2. The fraction of sp³-hybridized carbons (Fsp3) is 0.375. The number of carboxylic acids is 2. The number of carbonyl (C=O) groups is 3. The molecule has 0 aromatic rings. The standard InChI is InChI=1S/C8H11NO8S/c10-6(1-2-7(11)12)9-4-3-5(8(13)14)18(15,16)17/h1-2,5H,3-4H2,(H,9,10)(H,11,12)(H,13,14)(H,15,16,17). The summed E-state index contributed by atoms with van der Waals surface area (Å²) in [4.78, 5) is 31.5. The van der Waals surface area contributed by atoms with Gasteiger partial charge in [-0.1, -0.05) is 0 Å². The molecule has 0 saturated carbocycles. The van der Waals surface area contributed by atoms with Crippen LogP contribution in [0.4, 0.5) is 0 Å². The van der Waals surface area contributed by atoms with E-state index in [-0.39, 0.29) is 6.54 Å².